The summed E-state index contributed by atoms with van der Waals surface area (Å²) in [4.78, 5) is 20.9. The smallest absolute Gasteiger partial charge is 0.303 e. The van der Waals surface area contributed by atoms with Crippen LogP contribution < -0.4 is 0 Å². The van der Waals surface area contributed by atoms with E-state index in [1.807, 2.05) is 16.6 Å². The maximum atomic E-state index is 10.7. The molecule has 0 rings (SSSR count). The summed E-state index contributed by atoms with van der Waals surface area (Å²) in [6.45, 7) is 0. The number of unbranched alkanes of at least 4 members (excludes halogenated alkanes) is 5. The van der Waals surface area contributed by atoms with E-state index < -0.39 is 5.97 Å². The zero-order valence-corrected chi connectivity index (χ0v) is 11.6. The van der Waals surface area contributed by atoms with Gasteiger partial charge in [-0.1, -0.05) is 25.7 Å². The first kappa shape index (κ1) is 26.0. The summed E-state index contributed by atoms with van der Waals surface area (Å²) in [7, 11) is 0. The van der Waals surface area contributed by atoms with Gasteiger partial charge in [0.15, 0.2) is 0 Å². The van der Waals surface area contributed by atoms with Gasteiger partial charge in [0, 0.05) is 12.8 Å². The van der Waals surface area contributed by atoms with Crippen LogP contribution in [0.4, 0.5) is 0 Å². The quantitative estimate of drug-likeness (QED) is 0.439. The highest BCUT2D eigenvalue weighted by Crippen LogP contribution is 2.08. The molecular weight excluding hydrogens is 259 g/mol. The van der Waals surface area contributed by atoms with Gasteiger partial charge in [0.05, 0.1) is 0 Å². The van der Waals surface area contributed by atoms with Crippen LogP contribution in [0.5, 0.6) is 0 Å². The molecule has 0 aliphatic heterocycles. The molecule has 0 spiro atoms. The molecule has 0 aliphatic rings. The summed E-state index contributed by atoms with van der Waals surface area (Å²) >= 11 is 1.94. The normalized spacial score (nSPS) is 8.28. The Labute approximate surface area is 115 Å². The number of rotatable bonds is 9. The predicted octanol–water partition coefficient (Wildman–Crippen LogP) is -0.656. The molecule has 0 aliphatic carbocycles. The van der Waals surface area contributed by atoms with Gasteiger partial charge in [-0.3, -0.25) is 9.59 Å². The van der Waals surface area contributed by atoms with Gasteiger partial charge in [0.25, 0.3) is 0 Å². The minimum atomic E-state index is -0.724. The van der Waals surface area contributed by atoms with Crippen LogP contribution in [-0.4, -0.2) is 50.1 Å². The third kappa shape index (κ3) is 20.7. The molecule has 0 bridgehead atoms. The van der Waals surface area contributed by atoms with Crippen LogP contribution >= 0.6 is 0 Å². The first-order valence-corrected chi connectivity index (χ1v) is 5.75. The van der Waals surface area contributed by atoms with Crippen molar-refractivity contribution in [2.24, 2.45) is 0 Å². The van der Waals surface area contributed by atoms with E-state index >= 15 is 0 Å². The van der Waals surface area contributed by atoms with E-state index in [0.717, 1.165) is 38.5 Å². The highest BCUT2D eigenvalue weighted by Gasteiger charge is 1.97. The molecule has 0 aromatic rings. The molecule has 0 amide bonds. The van der Waals surface area contributed by atoms with E-state index in [2.05, 4.69) is 3.79 Å². The Morgan fingerprint density at radius 1 is 0.833 bits per heavy atom. The SMILES string of the molecule is O.O.O.O=C(O)CCCCCCCCC(=O)[O][Al-]. The maximum absolute atomic E-state index is 10.7. The molecular formula is C10H23AlO7-. The molecule has 0 atom stereocenters. The average Bonchev–Trinajstić information content (AvgIpc) is 2.21. The Morgan fingerprint density at radius 3 is 1.61 bits per heavy atom. The van der Waals surface area contributed by atoms with Crippen LogP contribution in [0.2, 0.25) is 0 Å². The van der Waals surface area contributed by atoms with Crippen LogP contribution in [0, 0.1) is 0 Å². The van der Waals surface area contributed by atoms with Crippen LogP contribution in [0.3, 0.4) is 0 Å². The van der Waals surface area contributed by atoms with Crippen LogP contribution in [-0.2, 0) is 13.4 Å². The molecule has 7 N–H and O–H groups in total. The number of carbonyl (C=O) groups excluding carboxylic acids is 1. The summed E-state index contributed by atoms with van der Waals surface area (Å²) in [5.41, 5.74) is 0. The Kier molecular flexibility index (Phi) is 27.1. The van der Waals surface area contributed by atoms with Crippen molar-refractivity contribution in [2.75, 3.05) is 0 Å². The lowest BCUT2D eigenvalue weighted by Crippen LogP contribution is -2.00. The fraction of sp³-hybridized carbons (Fsp3) is 0.800. The van der Waals surface area contributed by atoms with E-state index in [9.17, 15) is 9.59 Å². The summed E-state index contributed by atoms with van der Waals surface area (Å²) in [6, 6.07) is 0. The number of hydrogen-bond donors (Lipinski definition) is 1. The van der Waals surface area contributed by atoms with Crippen molar-refractivity contribution in [3.05, 3.63) is 0 Å². The van der Waals surface area contributed by atoms with Crippen molar-refractivity contribution in [3.63, 3.8) is 0 Å². The molecule has 0 unspecified atom stereocenters. The van der Waals surface area contributed by atoms with Gasteiger partial charge >= 0.3 is 5.97 Å². The van der Waals surface area contributed by atoms with Crippen LogP contribution in [0.1, 0.15) is 51.4 Å². The Bertz CT molecular complexity index is 199. The molecule has 0 aromatic carbocycles. The molecule has 0 fully saturated rings. The number of carboxylic acid groups (broad SMARTS) is 1. The van der Waals surface area contributed by atoms with Crippen molar-refractivity contribution in [2.45, 2.75) is 51.4 Å². The van der Waals surface area contributed by atoms with Gasteiger partial charge < -0.3 is 25.3 Å². The Balaban J connectivity index is -0.000000327. The second kappa shape index (κ2) is 18.7. The first-order valence-electron chi connectivity index (χ1n) is 5.28. The molecule has 109 valence electrons. The molecule has 3 radical (unpaired) electrons. The Hall–Kier alpha value is -0.648. The Morgan fingerprint density at radius 2 is 1.22 bits per heavy atom. The van der Waals surface area contributed by atoms with Gasteiger partial charge in [0.2, 0.25) is 5.97 Å². The van der Waals surface area contributed by atoms with E-state index in [4.69, 9.17) is 5.11 Å². The topological polar surface area (TPSA) is 158 Å². The van der Waals surface area contributed by atoms with Gasteiger partial charge in [-0.15, -0.1) is 0 Å². The van der Waals surface area contributed by atoms with Crippen molar-refractivity contribution in [1.29, 1.82) is 0 Å². The number of hydrogen-bond acceptors (Lipinski definition) is 3. The number of carboxylic acids is 1. The van der Waals surface area contributed by atoms with Gasteiger partial charge in [-0.25, -0.2) is 16.6 Å². The second-order valence-electron chi connectivity index (χ2n) is 3.50. The minimum absolute atomic E-state index is 0. The predicted molar refractivity (Wildman–Crippen MR) is 67.3 cm³/mol. The molecule has 7 nitrogen and oxygen atoms in total. The van der Waals surface area contributed by atoms with E-state index in [1.54, 1.807) is 0 Å². The highest BCUT2D eigenvalue weighted by atomic mass is 27.1. The molecule has 0 aromatic heterocycles. The van der Waals surface area contributed by atoms with Gasteiger partial charge in [0.1, 0.15) is 0 Å². The largest absolute Gasteiger partial charge is 0.855 e. The number of aliphatic carboxylic acids is 1. The number of carbonyl (C=O) groups is 2. The molecule has 0 saturated heterocycles. The monoisotopic (exact) mass is 282 g/mol. The maximum Gasteiger partial charge on any atom is 0.303 e. The molecule has 0 heterocycles. The van der Waals surface area contributed by atoms with E-state index in [1.165, 1.54) is 0 Å². The fourth-order valence-electron chi connectivity index (χ4n) is 1.31. The van der Waals surface area contributed by atoms with Crippen molar-refractivity contribution < 1.29 is 34.9 Å². The zero-order chi connectivity index (χ0) is 11.5. The highest BCUT2D eigenvalue weighted by molar-refractivity contribution is 6.05. The lowest BCUT2D eigenvalue weighted by molar-refractivity contribution is -0.137. The standard InChI is InChI=1S/C10H18O4.Al.3H2O/c11-9(12)7-5-3-1-2-4-6-8-10(13)14;;;;/h1-8H2,(H,11,12)(H,13,14);;3*1H2/p-1. The third-order valence-corrected chi connectivity index (χ3v) is 2.42. The summed E-state index contributed by atoms with van der Waals surface area (Å²) in [5.74, 6) is -0.913. The summed E-state index contributed by atoms with van der Waals surface area (Å²) in [6.07, 6.45) is 6.41. The van der Waals surface area contributed by atoms with E-state index in [0.29, 0.717) is 6.42 Å². The first-order chi connectivity index (χ1) is 7.16. The summed E-state index contributed by atoms with van der Waals surface area (Å²) < 4.78 is 4.43. The lowest BCUT2D eigenvalue weighted by atomic mass is 10.1. The summed E-state index contributed by atoms with van der Waals surface area (Å²) in [5, 5.41) is 8.39. The lowest BCUT2D eigenvalue weighted by Gasteiger charge is -2.12. The van der Waals surface area contributed by atoms with Crippen molar-refractivity contribution in [1.82, 2.24) is 0 Å². The fourth-order valence-corrected chi connectivity index (χ4v) is 1.43. The minimum Gasteiger partial charge on any atom is -0.855 e. The van der Waals surface area contributed by atoms with Crippen LogP contribution in [0.25, 0.3) is 0 Å². The van der Waals surface area contributed by atoms with Gasteiger partial charge in [-0.05, 0) is 12.8 Å². The van der Waals surface area contributed by atoms with E-state index in [-0.39, 0.29) is 28.8 Å². The molecule has 8 heteroatoms. The van der Waals surface area contributed by atoms with Crippen molar-refractivity contribution >= 4 is 28.6 Å². The van der Waals surface area contributed by atoms with Crippen molar-refractivity contribution in [3.8, 4) is 0 Å². The third-order valence-electron chi connectivity index (χ3n) is 2.15. The second-order valence-corrected chi connectivity index (χ2v) is 3.74. The molecule has 18 heavy (non-hydrogen) atoms. The molecule has 0 saturated carbocycles. The average molecular weight is 282 g/mol. The van der Waals surface area contributed by atoms with Crippen LogP contribution in [0.15, 0.2) is 0 Å². The zero-order valence-electron chi connectivity index (χ0n) is 10.4. The van der Waals surface area contributed by atoms with Gasteiger partial charge in [-0.2, -0.15) is 0 Å².